The Kier molecular flexibility index (Phi) is 6.46. The van der Waals surface area contributed by atoms with Crippen LogP contribution in [0, 0.1) is 13.8 Å². The number of fused-ring (bicyclic) bond motifs is 3. The third-order valence-electron chi connectivity index (χ3n) is 9.31. The van der Waals surface area contributed by atoms with Gasteiger partial charge in [0.1, 0.15) is 0 Å². The molecule has 1 nitrogen and oxygen atoms in total. The SMILES string of the molecule is Cc1ccc(-c2ccc(-c3c4ccccc4c(C4=CC=C(c5cccnc5C)CC4)c4ccccc34)c3ccccc23)cc1. The molecule has 0 aliphatic heterocycles. The van der Waals surface area contributed by atoms with Crippen molar-refractivity contribution in [3.05, 3.63) is 162 Å². The van der Waals surface area contributed by atoms with Crippen molar-refractivity contribution in [1.82, 2.24) is 4.98 Å². The Labute approximate surface area is 258 Å². The van der Waals surface area contributed by atoms with Crippen molar-refractivity contribution in [2.45, 2.75) is 26.7 Å². The summed E-state index contributed by atoms with van der Waals surface area (Å²) in [5.74, 6) is 0. The lowest BCUT2D eigenvalue weighted by Gasteiger charge is -2.22. The van der Waals surface area contributed by atoms with E-state index in [1.54, 1.807) is 0 Å². The minimum Gasteiger partial charge on any atom is -0.261 e. The zero-order valence-corrected chi connectivity index (χ0v) is 25.1. The van der Waals surface area contributed by atoms with Gasteiger partial charge in [-0.05, 0) is 110 Å². The summed E-state index contributed by atoms with van der Waals surface area (Å²) >= 11 is 0. The van der Waals surface area contributed by atoms with Crippen LogP contribution >= 0.6 is 0 Å². The summed E-state index contributed by atoms with van der Waals surface area (Å²) in [6.07, 6.45) is 8.56. The molecule has 0 atom stereocenters. The van der Waals surface area contributed by atoms with Crippen LogP contribution in [0.5, 0.6) is 0 Å². The van der Waals surface area contributed by atoms with Crippen molar-refractivity contribution in [3.63, 3.8) is 0 Å². The van der Waals surface area contributed by atoms with Gasteiger partial charge in [-0.3, -0.25) is 4.98 Å². The number of hydrogen-bond acceptors (Lipinski definition) is 1. The Morgan fingerprint density at radius 2 is 0.955 bits per heavy atom. The maximum atomic E-state index is 4.54. The second-order valence-corrected chi connectivity index (χ2v) is 11.9. The van der Waals surface area contributed by atoms with Gasteiger partial charge in [0.05, 0.1) is 0 Å². The lowest BCUT2D eigenvalue weighted by Crippen LogP contribution is -1.99. The van der Waals surface area contributed by atoms with Crippen LogP contribution in [-0.4, -0.2) is 4.98 Å². The van der Waals surface area contributed by atoms with Crippen molar-refractivity contribution in [1.29, 1.82) is 0 Å². The molecule has 1 heteroatoms. The molecule has 1 heterocycles. The van der Waals surface area contributed by atoms with E-state index in [9.17, 15) is 0 Å². The van der Waals surface area contributed by atoms with Gasteiger partial charge in [0.2, 0.25) is 0 Å². The molecule has 0 amide bonds. The Bertz CT molecular complexity index is 2230. The zero-order chi connectivity index (χ0) is 29.6. The molecule has 1 aromatic heterocycles. The molecule has 0 bridgehead atoms. The van der Waals surface area contributed by atoms with Crippen molar-refractivity contribution in [2.75, 3.05) is 0 Å². The summed E-state index contributed by atoms with van der Waals surface area (Å²) in [6.45, 7) is 4.25. The molecule has 1 aliphatic rings. The number of hydrogen-bond donors (Lipinski definition) is 0. The van der Waals surface area contributed by atoms with E-state index in [4.69, 9.17) is 0 Å². The molecule has 0 saturated carbocycles. The fourth-order valence-corrected chi connectivity index (χ4v) is 7.16. The van der Waals surface area contributed by atoms with E-state index in [1.165, 1.54) is 82.4 Å². The molecule has 210 valence electrons. The Morgan fingerprint density at radius 1 is 0.432 bits per heavy atom. The topological polar surface area (TPSA) is 12.9 Å². The monoisotopic (exact) mass is 563 g/mol. The highest BCUT2D eigenvalue weighted by molar-refractivity contribution is 6.22. The fourth-order valence-electron chi connectivity index (χ4n) is 7.16. The zero-order valence-electron chi connectivity index (χ0n) is 25.1. The van der Waals surface area contributed by atoms with E-state index < -0.39 is 0 Å². The van der Waals surface area contributed by atoms with Crippen LogP contribution in [0.1, 0.15) is 35.2 Å². The lowest BCUT2D eigenvalue weighted by molar-refractivity contribution is 1.06. The summed E-state index contributed by atoms with van der Waals surface area (Å²) in [5, 5.41) is 7.79. The van der Waals surface area contributed by atoms with Gasteiger partial charge in [-0.15, -0.1) is 0 Å². The van der Waals surface area contributed by atoms with Crippen LogP contribution in [0.3, 0.4) is 0 Å². The van der Waals surface area contributed by atoms with Gasteiger partial charge in [-0.2, -0.15) is 0 Å². The molecule has 0 spiro atoms. The van der Waals surface area contributed by atoms with Crippen LogP contribution in [0.4, 0.5) is 0 Å². The van der Waals surface area contributed by atoms with Crippen molar-refractivity contribution in [2.24, 2.45) is 0 Å². The third kappa shape index (κ3) is 4.36. The van der Waals surface area contributed by atoms with E-state index >= 15 is 0 Å². The van der Waals surface area contributed by atoms with E-state index in [-0.39, 0.29) is 0 Å². The van der Waals surface area contributed by atoms with Gasteiger partial charge in [0.25, 0.3) is 0 Å². The molecule has 8 rings (SSSR count). The molecule has 44 heavy (non-hydrogen) atoms. The molecule has 1 aliphatic carbocycles. The third-order valence-corrected chi connectivity index (χ3v) is 9.31. The molecule has 0 fully saturated rings. The summed E-state index contributed by atoms with van der Waals surface area (Å²) < 4.78 is 0. The number of aromatic nitrogens is 1. The standard InChI is InChI=1S/C43H33N/c1-28-17-19-31(20-18-28)34-25-26-41(36-11-4-3-10-35(34)36)43-39-14-7-5-12-37(39)42(38-13-6-8-15-40(38)43)32-23-21-30(22-24-32)33-16-9-27-44-29(33)2/h3-21,23,25-27H,22,24H2,1-2H3. The lowest BCUT2D eigenvalue weighted by atomic mass is 9.81. The first kappa shape index (κ1) is 26.4. The second kappa shape index (κ2) is 10.8. The highest BCUT2D eigenvalue weighted by atomic mass is 14.7. The fraction of sp³-hybridized carbons (Fsp3) is 0.0930. The summed E-state index contributed by atoms with van der Waals surface area (Å²) in [6, 6.07) is 44.7. The largest absolute Gasteiger partial charge is 0.261 e. The van der Waals surface area contributed by atoms with Crippen molar-refractivity contribution < 1.29 is 0 Å². The maximum Gasteiger partial charge on any atom is 0.0447 e. The van der Waals surface area contributed by atoms with E-state index in [2.05, 4.69) is 146 Å². The van der Waals surface area contributed by atoms with Crippen molar-refractivity contribution in [3.8, 4) is 22.3 Å². The number of pyridine rings is 1. The van der Waals surface area contributed by atoms with Crippen LogP contribution < -0.4 is 0 Å². The highest BCUT2D eigenvalue weighted by Crippen LogP contribution is 2.46. The smallest absolute Gasteiger partial charge is 0.0447 e. The summed E-state index contributed by atoms with van der Waals surface area (Å²) in [4.78, 5) is 4.54. The van der Waals surface area contributed by atoms with Gasteiger partial charge in [0.15, 0.2) is 0 Å². The first-order valence-corrected chi connectivity index (χ1v) is 15.5. The first-order chi connectivity index (χ1) is 21.7. The van der Waals surface area contributed by atoms with E-state index in [1.807, 2.05) is 12.3 Å². The van der Waals surface area contributed by atoms with Gasteiger partial charge in [0, 0.05) is 11.9 Å². The summed E-state index contributed by atoms with van der Waals surface area (Å²) in [7, 11) is 0. The van der Waals surface area contributed by atoms with Crippen LogP contribution in [0.2, 0.25) is 0 Å². The first-order valence-electron chi connectivity index (χ1n) is 15.5. The molecule has 0 N–H and O–H groups in total. The number of rotatable bonds is 4. The predicted octanol–water partition coefficient (Wildman–Crippen LogP) is 11.8. The van der Waals surface area contributed by atoms with Gasteiger partial charge >= 0.3 is 0 Å². The number of nitrogens with zero attached hydrogens (tertiary/aromatic N) is 1. The number of aryl methyl sites for hydroxylation is 2. The number of allylic oxidation sites excluding steroid dienone is 4. The van der Waals surface area contributed by atoms with Crippen LogP contribution in [0.15, 0.2) is 140 Å². The quantitative estimate of drug-likeness (QED) is 0.194. The van der Waals surface area contributed by atoms with Gasteiger partial charge in [-0.25, -0.2) is 0 Å². The van der Waals surface area contributed by atoms with Crippen LogP contribution in [-0.2, 0) is 0 Å². The van der Waals surface area contributed by atoms with E-state index in [0.717, 1.165) is 18.5 Å². The molecule has 6 aromatic carbocycles. The van der Waals surface area contributed by atoms with Crippen LogP contribution in [0.25, 0.3) is 65.7 Å². The molecule has 0 saturated heterocycles. The Balaban J connectivity index is 1.37. The minimum absolute atomic E-state index is 1.00. The maximum absolute atomic E-state index is 4.54. The molecular weight excluding hydrogens is 530 g/mol. The van der Waals surface area contributed by atoms with Gasteiger partial charge < -0.3 is 0 Å². The molecular formula is C43H33N. The minimum atomic E-state index is 1.00. The molecule has 0 radical (unpaired) electrons. The molecule has 0 unspecified atom stereocenters. The highest BCUT2D eigenvalue weighted by Gasteiger charge is 2.21. The predicted molar refractivity (Wildman–Crippen MR) is 189 cm³/mol. The Hall–Kier alpha value is -5.27. The van der Waals surface area contributed by atoms with Gasteiger partial charge in [-0.1, -0.05) is 133 Å². The molecule has 7 aromatic rings. The van der Waals surface area contributed by atoms with E-state index in [0.29, 0.717) is 0 Å². The summed E-state index contributed by atoms with van der Waals surface area (Å²) in [5.41, 5.74) is 12.9. The average Bonchev–Trinajstić information content (AvgIpc) is 3.08. The normalized spacial score (nSPS) is 13.3. The number of benzene rings is 6. The second-order valence-electron chi connectivity index (χ2n) is 11.9. The average molecular weight is 564 g/mol. The van der Waals surface area contributed by atoms with Crippen molar-refractivity contribution >= 4 is 43.5 Å². The Morgan fingerprint density at radius 3 is 1.55 bits per heavy atom.